The third-order valence-electron chi connectivity index (χ3n) is 3.59. The second-order valence-corrected chi connectivity index (χ2v) is 6.17. The average Bonchev–Trinajstić information content (AvgIpc) is 2.57. The molecular formula is C19H34N3O3+. The van der Waals surface area contributed by atoms with E-state index in [0.717, 1.165) is 24.8 Å². The smallest absolute Gasteiger partial charge is 0.420 e. The summed E-state index contributed by atoms with van der Waals surface area (Å²) in [5, 5.41) is 4.44. The van der Waals surface area contributed by atoms with Crippen LogP contribution in [0.25, 0.3) is 0 Å². The molecule has 0 aromatic rings. The van der Waals surface area contributed by atoms with E-state index in [0.29, 0.717) is 18.9 Å². The number of quaternary nitrogens is 1. The van der Waals surface area contributed by atoms with E-state index >= 15 is 0 Å². The van der Waals surface area contributed by atoms with E-state index in [2.05, 4.69) is 19.2 Å². The summed E-state index contributed by atoms with van der Waals surface area (Å²) >= 11 is 0. The van der Waals surface area contributed by atoms with Gasteiger partial charge in [0.05, 0.1) is 12.8 Å². The molecule has 0 spiro atoms. The molecule has 0 fully saturated rings. The Bertz CT molecular complexity index is 482. The van der Waals surface area contributed by atoms with Crippen LogP contribution in [0.5, 0.6) is 0 Å². The van der Waals surface area contributed by atoms with Crippen LogP contribution >= 0.6 is 0 Å². The van der Waals surface area contributed by atoms with Crippen molar-refractivity contribution in [2.75, 3.05) is 6.61 Å². The molecule has 0 aromatic heterocycles. The average molecular weight is 352 g/mol. The number of carbonyl (C=O) groups is 2. The molecule has 1 atom stereocenters. The second kappa shape index (κ2) is 14.3. The summed E-state index contributed by atoms with van der Waals surface area (Å²) < 4.78 is 4.82. The predicted molar refractivity (Wildman–Crippen MR) is 100 cm³/mol. The lowest BCUT2D eigenvalue weighted by Crippen LogP contribution is -2.82. The number of allylic oxidation sites excluding steroid dienone is 2. The molecule has 0 rings (SSSR count). The maximum Gasteiger partial charge on any atom is 0.517 e. The van der Waals surface area contributed by atoms with Gasteiger partial charge in [0.1, 0.15) is 0 Å². The van der Waals surface area contributed by atoms with Crippen molar-refractivity contribution in [1.29, 1.82) is 0 Å². The van der Waals surface area contributed by atoms with Crippen molar-refractivity contribution >= 4 is 12.0 Å². The van der Waals surface area contributed by atoms with E-state index < -0.39 is 0 Å². The summed E-state index contributed by atoms with van der Waals surface area (Å²) in [6.45, 7) is 8.41. The number of nitrogens with one attached hydrogen (secondary N) is 1. The number of carbonyl (C=O) groups excluding carboxylic acids is 2. The van der Waals surface area contributed by atoms with Gasteiger partial charge in [0.15, 0.2) is 0 Å². The Kier molecular flexibility index (Phi) is 13.1. The van der Waals surface area contributed by atoms with Crippen molar-refractivity contribution in [2.45, 2.75) is 59.4 Å². The molecular weight excluding hydrogens is 318 g/mol. The molecule has 0 aliphatic carbocycles. The molecule has 0 saturated carbocycles. The molecule has 0 saturated heterocycles. The topological polar surface area (TPSA) is 98.0 Å². The van der Waals surface area contributed by atoms with Crippen LogP contribution in [0.15, 0.2) is 36.2 Å². The summed E-state index contributed by atoms with van der Waals surface area (Å²) in [6.07, 6.45) is 11.2. The number of primary amides is 1. The highest BCUT2D eigenvalue weighted by molar-refractivity contribution is 5.93. The fraction of sp³-hybridized carbons (Fsp3) is 0.579. The molecule has 5 N–H and O–H groups in total. The summed E-state index contributed by atoms with van der Waals surface area (Å²) in [4.78, 5) is 23.7. The fourth-order valence-electron chi connectivity index (χ4n) is 2.07. The molecule has 2 amide bonds. The van der Waals surface area contributed by atoms with E-state index in [1.54, 1.807) is 25.3 Å². The molecule has 6 heteroatoms. The van der Waals surface area contributed by atoms with Crippen molar-refractivity contribution < 1.29 is 19.6 Å². The van der Waals surface area contributed by atoms with Gasteiger partial charge in [-0.15, -0.1) is 0 Å². The third kappa shape index (κ3) is 12.0. The highest BCUT2D eigenvalue weighted by Gasteiger charge is 2.14. The van der Waals surface area contributed by atoms with Crippen molar-refractivity contribution in [1.82, 2.24) is 5.32 Å². The van der Waals surface area contributed by atoms with Gasteiger partial charge in [-0.25, -0.2) is 5.32 Å². The Balaban J connectivity index is 4.60. The van der Waals surface area contributed by atoms with Crippen molar-refractivity contribution in [2.24, 2.45) is 11.7 Å². The molecule has 0 heterocycles. The highest BCUT2D eigenvalue weighted by Crippen LogP contribution is 2.13. The van der Waals surface area contributed by atoms with Crippen LogP contribution in [0.4, 0.5) is 4.79 Å². The van der Waals surface area contributed by atoms with Gasteiger partial charge in [-0.2, -0.15) is 4.79 Å². The third-order valence-corrected chi connectivity index (χ3v) is 3.59. The summed E-state index contributed by atoms with van der Waals surface area (Å²) in [5.74, 6) is 0.467. The molecule has 25 heavy (non-hydrogen) atoms. The first-order valence-corrected chi connectivity index (χ1v) is 8.99. The van der Waals surface area contributed by atoms with Crippen LogP contribution in [-0.4, -0.2) is 24.6 Å². The maximum absolute atomic E-state index is 12.5. The molecule has 0 bridgehead atoms. The van der Waals surface area contributed by atoms with Crippen LogP contribution in [0.3, 0.4) is 0 Å². The zero-order valence-electron chi connectivity index (χ0n) is 16.0. The zero-order chi connectivity index (χ0) is 19.1. The molecule has 6 nitrogen and oxygen atoms in total. The molecule has 1 unspecified atom stereocenters. The van der Waals surface area contributed by atoms with Gasteiger partial charge in [0.25, 0.3) is 0 Å². The Morgan fingerprint density at radius 2 is 2.00 bits per heavy atom. The fourth-order valence-corrected chi connectivity index (χ4v) is 2.07. The Morgan fingerprint density at radius 1 is 1.28 bits per heavy atom. The van der Waals surface area contributed by atoms with Gasteiger partial charge in [0, 0.05) is 11.6 Å². The number of hydrogen-bond donors (Lipinski definition) is 3. The number of ether oxygens (including phenoxy) is 1. The lowest BCUT2D eigenvalue weighted by atomic mass is 10.0. The first-order chi connectivity index (χ1) is 11.9. The minimum atomic E-state index is -0.358. The van der Waals surface area contributed by atoms with E-state index in [1.165, 1.54) is 11.5 Å². The van der Waals surface area contributed by atoms with Crippen molar-refractivity contribution in [3.05, 3.63) is 36.2 Å². The highest BCUT2D eigenvalue weighted by atomic mass is 16.5. The van der Waals surface area contributed by atoms with Crippen molar-refractivity contribution in [3.63, 3.8) is 0 Å². The maximum atomic E-state index is 12.5. The second-order valence-electron chi connectivity index (χ2n) is 6.17. The largest absolute Gasteiger partial charge is 0.517 e. The van der Waals surface area contributed by atoms with E-state index in [-0.39, 0.29) is 18.0 Å². The lowest BCUT2D eigenvalue weighted by molar-refractivity contribution is -0.499. The molecule has 0 aliphatic rings. The minimum absolute atomic E-state index is 0.0173. The van der Waals surface area contributed by atoms with Crippen LogP contribution in [0.2, 0.25) is 0 Å². The van der Waals surface area contributed by atoms with Crippen LogP contribution in [-0.2, 0) is 9.53 Å². The Hall–Kier alpha value is -2.08. The quantitative estimate of drug-likeness (QED) is 0.393. The summed E-state index contributed by atoms with van der Waals surface area (Å²) in [7, 11) is 0. The SMILES string of the molecule is CCOC(=O)[NH2+]C=CCC(CC)NC(=O)C(=CC=CN)CCC(C)C. The standard InChI is InChI=1S/C19H33N3O3/c1-5-17(10-8-14-21-19(24)25-6-2)22-18(23)16(9-7-13-20)12-11-15(3)4/h7-9,13-15,17H,5-6,10-12,20H2,1-4H3,(H,21,24)(H,22,23)/p+1. The first kappa shape index (κ1) is 22.9. The number of rotatable bonds is 11. The van der Waals surface area contributed by atoms with Gasteiger partial charge in [0.2, 0.25) is 5.91 Å². The summed E-state index contributed by atoms with van der Waals surface area (Å²) in [5.41, 5.74) is 6.11. The van der Waals surface area contributed by atoms with Crippen LogP contribution in [0, 0.1) is 5.92 Å². The molecule has 0 aromatic carbocycles. The predicted octanol–water partition coefficient (Wildman–Crippen LogP) is 2.34. The number of hydrogen-bond acceptors (Lipinski definition) is 4. The van der Waals surface area contributed by atoms with E-state index in [9.17, 15) is 9.59 Å². The monoisotopic (exact) mass is 352 g/mol. The molecule has 142 valence electrons. The first-order valence-electron chi connectivity index (χ1n) is 8.99. The number of amides is 2. The van der Waals surface area contributed by atoms with Gasteiger partial charge >= 0.3 is 6.09 Å². The Labute approximate surface area is 151 Å². The van der Waals surface area contributed by atoms with Crippen molar-refractivity contribution in [3.8, 4) is 0 Å². The van der Waals surface area contributed by atoms with E-state index in [4.69, 9.17) is 10.5 Å². The normalized spacial score (nSPS) is 13.6. The zero-order valence-corrected chi connectivity index (χ0v) is 16.0. The molecule has 0 aliphatic heterocycles. The van der Waals surface area contributed by atoms with Crippen LogP contribution < -0.4 is 16.4 Å². The van der Waals surface area contributed by atoms with Crippen LogP contribution in [0.1, 0.15) is 53.4 Å². The Morgan fingerprint density at radius 3 is 2.56 bits per heavy atom. The van der Waals surface area contributed by atoms with Gasteiger partial charge in [-0.3, -0.25) is 4.79 Å². The van der Waals surface area contributed by atoms with Gasteiger partial charge in [-0.05, 0) is 56.9 Å². The lowest BCUT2D eigenvalue weighted by Gasteiger charge is -2.17. The van der Waals surface area contributed by atoms with Gasteiger partial charge in [-0.1, -0.05) is 26.8 Å². The summed E-state index contributed by atoms with van der Waals surface area (Å²) in [6, 6.07) is 0.0173. The minimum Gasteiger partial charge on any atom is -0.420 e. The van der Waals surface area contributed by atoms with Gasteiger partial charge < -0.3 is 15.8 Å². The van der Waals surface area contributed by atoms with E-state index in [1.807, 2.05) is 13.0 Å². The molecule has 0 radical (unpaired) electrons. The number of nitrogens with two attached hydrogens (primary N) is 2.